The zero-order valence-corrected chi connectivity index (χ0v) is 14.1. The first-order valence-electron chi connectivity index (χ1n) is 4.59. The van der Waals surface area contributed by atoms with Crippen molar-refractivity contribution in [3.8, 4) is 0 Å². The summed E-state index contributed by atoms with van der Waals surface area (Å²) in [5.74, 6) is 0. The van der Waals surface area contributed by atoms with E-state index in [-0.39, 0.29) is 0 Å². The quantitative estimate of drug-likeness (QED) is 0.660. The standard InChI is InChI=1S/C10H14Ge2/c11-12(9-5-1-2-6-9)10-7-3-4-8-10/h1-5,7,12H,6,8H2,11H3. The number of rotatable bonds is 2. The number of hydrogen-bond donors (Lipinski definition) is 0. The third-order valence-electron chi connectivity index (χ3n) is 2.71. The summed E-state index contributed by atoms with van der Waals surface area (Å²) in [5.41, 5.74) is 0. The van der Waals surface area contributed by atoms with Gasteiger partial charge in [-0.2, -0.15) is 0 Å². The molecule has 2 aliphatic rings. The molecule has 0 aromatic rings. The second-order valence-electron chi connectivity index (χ2n) is 3.47. The summed E-state index contributed by atoms with van der Waals surface area (Å²) in [6, 6.07) is 0. The van der Waals surface area contributed by atoms with Crippen LogP contribution in [0.2, 0.25) is 0 Å². The van der Waals surface area contributed by atoms with Crippen molar-refractivity contribution in [3.05, 3.63) is 45.3 Å². The Bertz CT molecular complexity index is 265. The van der Waals surface area contributed by atoms with Crippen LogP contribution in [0.15, 0.2) is 45.3 Å². The molecule has 0 amide bonds. The predicted octanol–water partition coefficient (Wildman–Crippen LogP) is 0.927. The molecule has 0 saturated heterocycles. The molecule has 0 aromatic heterocycles. The summed E-state index contributed by atoms with van der Waals surface area (Å²) in [6.07, 6.45) is 16.4. The topological polar surface area (TPSA) is 0 Å². The Morgan fingerprint density at radius 2 is 1.50 bits per heavy atom. The summed E-state index contributed by atoms with van der Waals surface area (Å²) in [7, 11) is 0. The molecule has 0 heterocycles. The summed E-state index contributed by atoms with van der Waals surface area (Å²) >= 11 is 0.0814. The van der Waals surface area contributed by atoms with Gasteiger partial charge in [-0.05, 0) is 0 Å². The van der Waals surface area contributed by atoms with Crippen LogP contribution in [0.1, 0.15) is 12.8 Å². The monoisotopic (exact) mass is 282 g/mol. The van der Waals surface area contributed by atoms with Crippen LogP contribution in [0.5, 0.6) is 0 Å². The van der Waals surface area contributed by atoms with Crippen LogP contribution in [0.3, 0.4) is 0 Å². The van der Waals surface area contributed by atoms with Crippen molar-refractivity contribution in [3.63, 3.8) is 0 Å². The van der Waals surface area contributed by atoms with Crippen molar-refractivity contribution in [2.24, 2.45) is 0 Å². The maximum atomic E-state index is 2.38. The molecule has 0 aliphatic heterocycles. The molecule has 0 aromatic carbocycles. The molecule has 62 valence electrons. The van der Waals surface area contributed by atoms with Crippen LogP contribution in [0, 0.1) is 0 Å². The van der Waals surface area contributed by atoms with Crippen molar-refractivity contribution in [2.45, 2.75) is 12.8 Å². The average molecular weight is 279 g/mol. The first-order chi connectivity index (χ1) is 5.88. The van der Waals surface area contributed by atoms with Gasteiger partial charge in [0.25, 0.3) is 0 Å². The van der Waals surface area contributed by atoms with Crippen molar-refractivity contribution in [1.82, 2.24) is 0 Å². The summed E-state index contributed by atoms with van der Waals surface area (Å²) in [5, 5.41) is 0. The van der Waals surface area contributed by atoms with E-state index < -0.39 is 12.4 Å². The van der Waals surface area contributed by atoms with Crippen molar-refractivity contribution in [2.75, 3.05) is 0 Å². The molecule has 0 spiro atoms. The van der Waals surface area contributed by atoms with Gasteiger partial charge in [-0.25, -0.2) is 0 Å². The Balaban J connectivity index is 2.05. The van der Waals surface area contributed by atoms with Crippen LogP contribution in [-0.2, 0) is 0 Å². The second-order valence-corrected chi connectivity index (χ2v) is 22.2. The van der Waals surface area contributed by atoms with Crippen LogP contribution in [0.4, 0.5) is 0 Å². The summed E-state index contributed by atoms with van der Waals surface area (Å²) < 4.78 is 3.66. The normalized spacial score (nSPS) is 20.8. The van der Waals surface area contributed by atoms with Gasteiger partial charge in [0.2, 0.25) is 0 Å². The molecule has 12 heavy (non-hydrogen) atoms. The molecule has 0 atom stereocenters. The molecular weight excluding hydrogens is 265 g/mol. The summed E-state index contributed by atoms with van der Waals surface area (Å²) in [6.45, 7) is 0. The Morgan fingerprint density at radius 1 is 1.00 bits per heavy atom. The van der Waals surface area contributed by atoms with Gasteiger partial charge < -0.3 is 0 Å². The first-order valence-corrected chi connectivity index (χ1v) is 22.0. The van der Waals surface area contributed by atoms with E-state index in [1.165, 1.54) is 12.8 Å². The molecule has 0 radical (unpaired) electrons. The maximum absolute atomic E-state index is 2.38. The minimum absolute atomic E-state index is 0.998. The van der Waals surface area contributed by atoms with E-state index in [2.05, 4.69) is 36.5 Å². The van der Waals surface area contributed by atoms with E-state index in [0.717, 1.165) is 14.5 Å². The van der Waals surface area contributed by atoms with Crippen molar-refractivity contribution >= 4 is 26.9 Å². The first kappa shape index (κ1) is 8.64. The van der Waals surface area contributed by atoms with Gasteiger partial charge >= 0.3 is 85.0 Å². The van der Waals surface area contributed by atoms with Gasteiger partial charge in [0.15, 0.2) is 0 Å². The van der Waals surface area contributed by atoms with Gasteiger partial charge in [-0.3, -0.25) is 0 Å². The van der Waals surface area contributed by atoms with Crippen LogP contribution < -0.4 is 0 Å². The zero-order chi connectivity index (χ0) is 8.39. The third kappa shape index (κ3) is 1.69. The van der Waals surface area contributed by atoms with E-state index in [0.29, 0.717) is 0 Å². The Kier molecular flexibility index (Phi) is 2.76. The molecule has 0 fully saturated rings. The van der Waals surface area contributed by atoms with Crippen molar-refractivity contribution < 1.29 is 0 Å². The molecule has 0 unspecified atom stereocenters. The second kappa shape index (κ2) is 3.84. The number of hydrogen-bond acceptors (Lipinski definition) is 0. The number of allylic oxidation sites excluding steroid dienone is 8. The molecule has 0 bridgehead atoms. The van der Waals surface area contributed by atoms with E-state index in [9.17, 15) is 0 Å². The van der Waals surface area contributed by atoms with Crippen molar-refractivity contribution in [1.29, 1.82) is 0 Å². The average Bonchev–Trinajstić information content (AvgIpc) is 2.77. The van der Waals surface area contributed by atoms with Crippen LogP contribution >= 0.6 is 0 Å². The molecular formula is C10H14Ge2. The van der Waals surface area contributed by atoms with Gasteiger partial charge in [-0.1, -0.05) is 0 Å². The van der Waals surface area contributed by atoms with Gasteiger partial charge in [-0.15, -0.1) is 0 Å². The van der Waals surface area contributed by atoms with Gasteiger partial charge in [0, 0.05) is 0 Å². The summed E-state index contributed by atoms with van der Waals surface area (Å²) in [4.78, 5) is 0. The van der Waals surface area contributed by atoms with E-state index in [4.69, 9.17) is 0 Å². The molecule has 2 heteroatoms. The molecule has 0 N–H and O–H groups in total. The Hall–Kier alpha value is 0.0457. The third-order valence-corrected chi connectivity index (χ3v) is 25.3. The molecule has 0 nitrogen and oxygen atoms in total. The van der Waals surface area contributed by atoms with E-state index in [1.807, 2.05) is 8.81 Å². The van der Waals surface area contributed by atoms with Gasteiger partial charge in [0.05, 0.1) is 0 Å². The SMILES string of the molecule is [GeH3][GeH]([C]1=CC=CC1)[C]1=CC=CC1. The van der Waals surface area contributed by atoms with Gasteiger partial charge in [0.1, 0.15) is 0 Å². The fraction of sp³-hybridized carbons (Fsp3) is 0.200. The molecule has 2 aliphatic carbocycles. The fourth-order valence-electron chi connectivity index (χ4n) is 1.81. The Morgan fingerprint density at radius 3 is 1.83 bits per heavy atom. The zero-order valence-electron chi connectivity index (χ0n) is 7.46. The van der Waals surface area contributed by atoms with E-state index in [1.54, 1.807) is 0 Å². The Labute approximate surface area is 84.8 Å². The minimum atomic E-state index is -0.998. The molecule has 0 saturated carbocycles. The fourth-order valence-corrected chi connectivity index (χ4v) is 15.9. The molecule has 2 rings (SSSR count). The van der Waals surface area contributed by atoms with E-state index >= 15 is 0 Å². The van der Waals surface area contributed by atoms with Crippen LogP contribution in [0.25, 0.3) is 0 Å². The predicted molar refractivity (Wildman–Crippen MR) is 60.8 cm³/mol. The van der Waals surface area contributed by atoms with Crippen LogP contribution in [-0.4, -0.2) is 26.9 Å².